The highest BCUT2D eigenvalue weighted by molar-refractivity contribution is 6.08. The Hall–Kier alpha value is -3.69. The highest BCUT2D eigenvalue weighted by Gasteiger charge is 2.18. The van der Waals surface area contributed by atoms with E-state index < -0.39 is 6.10 Å². The van der Waals surface area contributed by atoms with Crippen LogP contribution < -0.4 is 16.6 Å². The summed E-state index contributed by atoms with van der Waals surface area (Å²) in [5, 5.41) is 16.8. The van der Waals surface area contributed by atoms with E-state index >= 15 is 0 Å². The molecule has 9 heteroatoms. The second-order valence-electron chi connectivity index (χ2n) is 9.21. The molecule has 0 spiro atoms. The second-order valence-corrected chi connectivity index (χ2v) is 9.21. The lowest BCUT2D eigenvalue weighted by Crippen LogP contribution is -2.37. The van der Waals surface area contributed by atoms with Gasteiger partial charge in [-0.2, -0.15) is 0 Å². The van der Waals surface area contributed by atoms with Crippen LogP contribution in [0.1, 0.15) is 25.0 Å². The van der Waals surface area contributed by atoms with E-state index in [-0.39, 0.29) is 17.3 Å². The molecule has 2 aromatic carbocycles. The minimum Gasteiger partial charge on any atom is -0.387 e. The lowest BCUT2D eigenvalue weighted by molar-refractivity contribution is 0.136. The second kappa shape index (κ2) is 8.83. The summed E-state index contributed by atoms with van der Waals surface area (Å²) in [4.78, 5) is 29.0. The summed E-state index contributed by atoms with van der Waals surface area (Å²) >= 11 is 0. The highest BCUT2D eigenvalue weighted by Crippen LogP contribution is 2.30. The number of aliphatic hydroxyl groups is 1. The first-order valence-electron chi connectivity index (χ1n) is 11.8. The van der Waals surface area contributed by atoms with Gasteiger partial charge in [-0.3, -0.25) is 13.9 Å². The first kappa shape index (κ1) is 23.1. The molecule has 35 heavy (non-hydrogen) atoms. The number of rotatable bonds is 7. The molecular weight excluding hydrogens is 444 g/mol. The average Bonchev–Trinajstić information content (AvgIpc) is 3.43. The standard InChI is InChI=1S/C26H30N6O3/c1-16(23(33)17-10-11-19-18-8-5-6-9-20(18)29(2)21(19)14-17)27-12-7-13-32-15-28-24-22(32)25(34)31(4)26(35)30(24)3/h5-6,8-11,14-16,23,27,33H,7,12-13H2,1-4H3. The van der Waals surface area contributed by atoms with Crippen molar-refractivity contribution in [2.24, 2.45) is 21.1 Å². The van der Waals surface area contributed by atoms with Gasteiger partial charge in [0.15, 0.2) is 11.2 Å². The van der Waals surface area contributed by atoms with Crippen LogP contribution >= 0.6 is 0 Å². The van der Waals surface area contributed by atoms with Crippen LogP contribution in [0.2, 0.25) is 0 Å². The van der Waals surface area contributed by atoms with Gasteiger partial charge in [-0.25, -0.2) is 9.78 Å². The van der Waals surface area contributed by atoms with Crippen molar-refractivity contribution in [1.29, 1.82) is 0 Å². The van der Waals surface area contributed by atoms with E-state index in [9.17, 15) is 14.7 Å². The molecule has 0 saturated heterocycles. The predicted octanol–water partition coefficient (Wildman–Crippen LogP) is 2.18. The number of nitrogens with zero attached hydrogens (tertiary/aromatic N) is 5. The van der Waals surface area contributed by atoms with Crippen LogP contribution in [-0.2, 0) is 27.7 Å². The third-order valence-corrected chi connectivity index (χ3v) is 7.01. The fourth-order valence-corrected chi connectivity index (χ4v) is 4.91. The highest BCUT2D eigenvalue weighted by atomic mass is 16.3. The molecule has 5 aromatic rings. The Bertz CT molecular complexity index is 1670. The van der Waals surface area contributed by atoms with E-state index in [4.69, 9.17) is 0 Å². The van der Waals surface area contributed by atoms with Gasteiger partial charge in [-0.05, 0) is 37.6 Å². The molecule has 0 bridgehead atoms. The molecule has 0 aliphatic rings. The summed E-state index contributed by atoms with van der Waals surface area (Å²) < 4.78 is 6.43. The van der Waals surface area contributed by atoms with Gasteiger partial charge in [0.05, 0.1) is 12.4 Å². The van der Waals surface area contributed by atoms with Crippen LogP contribution in [0.4, 0.5) is 0 Å². The monoisotopic (exact) mass is 474 g/mol. The maximum atomic E-state index is 12.6. The third kappa shape index (κ3) is 3.77. The molecule has 0 aliphatic heterocycles. The third-order valence-electron chi connectivity index (χ3n) is 7.01. The van der Waals surface area contributed by atoms with Gasteiger partial charge in [-0.15, -0.1) is 0 Å². The molecule has 0 aliphatic carbocycles. The number of hydrogen-bond donors (Lipinski definition) is 2. The van der Waals surface area contributed by atoms with Gasteiger partial charge in [0.1, 0.15) is 0 Å². The number of nitrogens with one attached hydrogen (secondary N) is 1. The summed E-state index contributed by atoms with van der Waals surface area (Å²) in [5.74, 6) is 0. The molecule has 0 amide bonds. The number of imidazole rings is 1. The number of fused-ring (bicyclic) bond motifs is 4. The summed E-state index contributed by atoms with van der Waals surface area (Å²) in [6.07, 6.45) is 1.67. The molecule has 2 N–H and O–H groups in total. The number of para-hydroxylation sites is 1. The fraction of sp³-hybridized carbons (Fsp3) is 0.346. The Morgan fingerprint density at radius 3 is 2.51 bits per heavy atom. The Balaban J connectivity index is 1.26. The first-order chi connectivity index (χ1) is 16.8. The van der Waals surface area contributed by atoms with Crippen LogP contribution in [0.25, 0.3) is 33.0 Å². The largest absolute Gasteiger partial charge is 0.387 e. The summed E-state index contributed by atoms with van der Waals surface area (Å²) in [6, 6.07) is 14.3. The Labute approximate surface area is 201 Å². The van der Waals surface area contributed by atoms with Crippen molar-refractivity contribution >= 4 is 33.0 Å². The zero-order valence-electron chi connectivity index (χ0n) is 20.4. The van der Waals surface area contributed by atoms with Crippen LogP contribution in [-0.4, -0.2) is 40.9 Å². The fourth-order valence-electron chi connectivity index (χ4n) is 4.91. The van der Waals surface area contributed by atoms with Crippen molar-refractivity contribution in [3.8, 4) is 0 Å². The van der Waals surface area contributed by atoms with Crippen molar-refractivity contribution in [3.63, 3.8) is 0 Å². The van der Waals surface area contributed by atoms with Gasteiger partial charge in [0.2, 0.25) is 0 Å². The Morgan fingerprint density at radius 2 is 1.71 bits per heavy atom. The van der Waals surface area contributed by atoms with Gasteiger partial charge >= 0.3 is 5.69 Å². The van der Waals surface area contributed by atoms with Gasteiger partial charge < -0.3 is 19.6 Å². The minimum atomic E-state index is -0.659. The molecule has 0 radical (unpaired) electrons. The van der Waals surface area contributed by atoms with Crippen LogP contribution in [0, 0.1) is 0 Å². The van der Waals surface area contributed by atoms with Crippen molar-refractivity contribution in [1.82, 2.24) is 28.6 Å². The van der Waals surface area contributed by atoms with Crippen LogP contribution in [0.3, 0.4) is 0 Å². The van der Waals surface area contributed by atoms with Crippen molar-refractivity contribution in [2.75, 3.05) is 6.54 Å². The number of benzene rings is 2. The first-order valence-corrected chi connectivity index (χ1v) is 11.8. The lowest BCUT2D eigenvalue weighted by atomic mass is 10.0. The van der Waals surface area contributed by atoms with Gasteiger partial charge in [-0.1, -0.05) is 30.3 Å². The van der Waals surface area contributed by atoms with Crippen LogP contribution in [0.15, 0.2) is 58.4 Å². The maximum Gasteiger partial charge on any atom is 0.332 e. The Morgan fingerprint density at radius 1 is 0.971 bits per heavy atom. The molecule has 9 nitrogen and oxygen atoms in total. The quantitative estimate of drug-likeness (QED) is 0.352. The van der Waals surface area contributed by atoms with Crippen molar-refractivity contribution in [2.45, 2.75) is 32.0 Å². The molecule has 0 fully saturated rings. The van der Waals surface area contributed by atoms with E-state index in [0.717, 1.165) is 22.1 Å². The number of aliphatic hydroxyl groups excluding tert-OH is 1. The minimum absolute atomic E-state index is 0.157. The summed E-state index contributed by atoms with van der Waals surface area (Å²) in [6.45, 7) is 3.19. The number of hydrogen-bond acceptors (Lipinski definition) is 5. The summed E-state index contributed by atoms with van der Waals surface area (Å²) in [7, 11) is 5.14. The normalized spacial score (nSPS) is 13.7. The van der Waals surface area contributed by atoms with Gasteiger partial charge in [0, 0.05) is 55.5 Å². The lowest BCUT2D eigenvalue weighted by Gasteiger charge is -2.21. The SMILES string of the molecule is CC(NCCCn1cnc2c1c(=O)n(C)c(=O)n2C)C(O)c1ccc2c3ccccc3n(C)c2c1. The summed E-state index contributed by atoms with van der Waals surface area (Å²) in [5.41, 5.74) is 3.21. The molecule has 3 aromatic heterocycles. The van der Waals surface area contributed by atoms with Gasteiger partial charge in [0.25, 0.3) is 5.56 Å². The predicted molar refractivity (Wildman–Crippen MR) is 138 cm³/mol. The number of aromatic nitrogens is 5. The van der Waals surface area contributed by atoms with E-state index in [1.54, 1.807) is 17.9 Å². The molecule has 2 atom stereocenters. The molecule has 182 valence electrons. The number of aryl methyl sites for hydroxylation is 3. The zero-order valence-corrected chi connectivity index (χ0v) is 20.4. The molecule has 0 saturated carbocycles. The molecule has 2 unspecified atom stereocenters. The smallest absolute Gasteiger partial charge is 0.332 e. The molecule has 3 heterocycles. The van der Waals surface area contributed by atoms with Crippen LogP contribution in [0.5, 0.6) is 0 Å². The van der Waals surface area contributed by atoms with E-state index in [1.807, 2.05) is 32.2 Å². The average molecular weight is 475 g/mol. The zero-order chi connectivity index (χ0) is 24.9. The van der Waals surface area contributed by atoms with E-state index in [0.29, 0.717) is 24.3 Å². The van der Waals surface area contributed by atoms with E-state index in [1.165, 1.54) is 27.9 Å². The van der Waals surface area contributed by atoms with Crippen molar-refractivity contribution < 1.29 is 5.11 Å². The maximum absolute atomic E-state index is 12.6. The topological polar surface area (TPSA) is 99.0 Å². The Kier molecular flexibility index (Phi) is 5.82. The van der Waals surface area contributed by atoms with Crippen molar-refractivity contribution in [3.05, 3.63) is 75.2 Å². The molecular formula is C26H30N6O3. The van der Waals surface area contributed by atoms with E-state index in [2.05, 4.69) is 39.1 Å². The molecule has 5 rings (SSSR count).